The van der Waals surface area contributed by atoms with Gasteiger partial charge in [0.05, 0.1) is 12.1 Å². The highest BCUT2D eigenvalue weighted by atomic mass is 15.2. The number of nitriles is 1. The minimum atomic E-state index is -0.259. The van der Waals surface area contributed by atoms with Crippen LogP contribution < -0.4 is 16.0 Å². The first-order chi connectivity index (χ1) is 22.8. The van der Waals surface area contributed by atoms with Crippen LogP contribution in [0.15, 0.2) is 99.5 Å². The van der Waals surface area contributed by atoms with Crippen molar-refractivity contribution in [2.24, 2.45) is 25.7 Å². The third kappa shape index (κ3) is 10.6. The maximum absolute atomic E-state index is 8.87. The molecule has 9 heteroatoms. The van der Waals surface area contributed by atoms with E-state index in [2.05, 4.69) is 101 Å². The zero-order chi connectivity index (χ0) is 33.6. The van der Waals surface area contributed by atoms with Crippen LogP contribution in [0.25, 0.3) is 5.57 Å². The van der Waals surface area contributed by atoms with E-state index in [1.54, 1.807) is 19.2 Å². The Hall–Kier alpha value is -4.81. The predicted octanol–water partition coefficient (Wildman–Crippen LogP) is 6.50. The molecule has 1 saturated heterocycles. The van der Waals surface area contributed by atoms with Gasteiger partial charge < -0.3 is 16.0 Å². The molecule has 47 heavy (non-hydrogen) atoms. The number of rotatable bonds is 13. The number of allylic oxidation sites excluding steroid dienone is 3. The molecule has 2 aromatic carbocycles. The van der Waals surface area contributed by atoms with Gasteiger partial charge in [-0.1, -0.05) is 61.5 Å². The summed E-state index contributed by atoms with van der Waals surface area (Å²) in [6.45, 7) is 15.8. The van der Waals surface area contributed by atoms with Gasteiger partial charge in [-0.25, -0.2) is 9.98 Å². The van der Waals surface area contributed by atoms with Crippen LogP contribution in [0.2, 0.25) is 0 Å². The summed E-state index contributed by atoms with van der Waals surface area (Å²) in [7, 11) is 0. The van der Waals surface area contributed by atoms with E-state index in [1.807, 2.05) is 19.2 Å². The van der Waals surface area contributed by atoms with Crippen molar-refractivity contribution in [1.29, 1.82) is 5.26 Å². The van der Waals surface area contributed by atoms with Gasteiger partial charge in [0.15, 0.2) is 5.84 Å². The Kier molecular flexibility index (Phi) is 13.3. The Morgan fingerprint density at radius 3 is 2.53 bits per heavy atom. The molecule has 246 valence electrons. The molecule has 0 aliphatic carbocycles. The van der Waals surface area contributed by atoms with Gasteiger partial charge >= 0.3 is 0 Å². The van der Waals surface area contributed by atoms with Crippen LogP contribution in [-0.2, 0) is 6.54 Å². The van der Waals surface area contributed by atoms with Crippen molar-refractivity contribution in [2.45, 2.75) is 78.2 Å². The maximum atomic E-state index is 8.87. The minimum absolute atomic E-state index is 0.217. The second-order valence-corrected chi connectivity index (χ2v) is 12.0. The van der Waals surface area contributed by atoms with Gasteiger partial charge in [0.2, 0.25) is 0 Å². The van der Waals surface area contributed by atoms with Crippen LogP contribution in [0.5, 0.6) is 0 Å². The monoisotopic (exact) mass is 631 g/mol. The number of nitrogens with two attached hydrogens (primary N) is 1. The molecule has 1 fully saturated rings. The molecule has 3 N–H and O–H groups in total. The normalized spacial score (nSPS) is 18.7. The van der Waals surface area contributed by atoms with E-state index in [9.17, 15) is 0 Å². The average Bonchev–Trinajstić information content (AvgIpc) is 3.08. The standard InChI is InChI=1S/C38H49N9/c1-6-8-9-21-42-36-25-37(45-38(44-36)32-14-12-31(13-15-32)28(3)4)47(7-2)34-16-10-30(11-17-34)27-46-23-19-33(20-24-46)43-35(40)18-22-41-29(5)26-39/h8-18,21-22,29,33,36,41H,3,6-7,19-20,23-25,27H2,1-2,4-5H3,(H2,40,43)/b9-8-,22-18-,42-21-. The molecule has 2 aliphatic rings. The van der Waals surface area contributed by atoms with Crippen LogP contribution in [0, 0.1) is 11.3 Å². The van der Waals surface area contributed by atoms with Gasteiger partial charge in [-0.3, -0.25) is 14.9 Å². The third-order valence-electron chi connectivity index (χ3n) is 8.19. The average molecular weight is 632 g/mol. The number of piperidine rings is 1. The largest absolute Gasteiger partial charge is 0.384 e. The van der Waals surface area contributed by atoms with E-state index in [4.69, 9.17) is 26.0 Å². The Morgan fingerprint density at radius 1 is 1.17 bits per heavy atom. The fourth-order valence-corrected chi connectivity index (χ4v) is 5.52. The van der Waals surface area contributed by atoms with Crippen LogP contribution in [0.1, 0.15) is 70.1 Å². The number of nitrogens with zero attached hydrogens (tertiary/aromatic N) is 7. The van der Waals surface area contributed by atoms with Gasteiger partial charge in [0.25, 0.3) is 0 Å². The lowest BCUT2D eigenvalue weighted by atomic mass is 10.0. The zero-order valence-corrected chi connectivity index (χ0v) is 28.3. The van der Waals surface area contributed by atoms with Crippen molar-refractivity contribution in [2.75, 3.05) is 24.5 Å². The molecule has 0 amide bonds. The molecule has 2 unspecified atom stereocenters. The maximum Gasteiger partial charge on any atom is 0.158 e. The van der Waals surface area contributed by atoms with Gasteiger partial charge in [0.1, 0.15) is 23.9 Å². The summed E-state index contributed by atoms with van der Waals surface area (Å²) in [4.78, 5) is 24.2. The Bertz CT molecular complexity index is 1550. The fraction of sp³-hybridized carbons (Fsp3) is 0.395. The molecule has 0 radical (unpaired) electrons. The third-order valence-corrected chi connectivity index (χ3v) is 8.19. The van der Waals surface area contributed by atoms with Crippen molar-refractivity contribution in [3.63, 3.8) is 0 Å². The molecule has 2 heterocycles. The van der Waals surface area contributed by atoms with Crippen molar-refractivity contribution in [3.05, 3.63) is 96.2 Å². The zero-order valence-electron chi connectivity index (χ0n) is 28.3. The second-order valence-electron chi connectivity index (χ2n) is 12.0. The Balaban J connectivity index is 1.42. The summed E-state index contributed by atoms with van der Waals surface area (Å²) < 4.78 is 0. The molecule has 4 rings (SSSR count). The molecule has 0 spiro atoms. The minimum Gasteiger partial charge on any atom is -0.384 e. The number of likely N-dealkylation sites (tertiary alicyclic amines) is 1. The fourth-order valence-electron chi connectivity index (χ4n) is 5.52. The Morgan fingerprint density at radius 2 is 1.89 bits per heavy atom. The van der Waals surface area contributed by atoms with E-state index >= 15 is 0 Å². The van der Waals surface area contributed by atoms with E-state index in [0.717, 1.165) is 73.7 Å². The first-order valence-electron chi connectivity index (χ1n) is 16.6. The smallest absolute Gasteiger partial charge is 0.158 e. The molecular formula is C38H49N9. The number of nitrogens with one attached hydrogen (secondary N) is 1. The van der Waals surface area contributed by atoms with E-state index in [1.165, 1.54) is 5.56 Å². The van der Waals surface area contributed by atoms with E-state index in [-0.39, 0.29) is 18.2 Å². The van der Waals surface area contributed by atoms with Crippen molar-refractivity contribution in [3.8, 4) is 6.07 Å². The van der Waals surface area contributed by atoms with Crippen molar-refractivity contribution < 1.29 is 0 Å². The number of hydrogen-bond acceptors (Lipinski definition) is 8. The van der Waals surface area contributed by atoms with Crippen LogP contribution in [0.3, 0.4) is 0 Å². The first kappa shape index (κ1) is 35.1. The van der Waals surface area contributed by atoms with Gasteiger partial charge in [0, 0.05) is 56.3 Å². The van der Waals surface area contributed by atoms with Crippen LogP contribution in [0.4, 0.5) is 5.69 Å². The van der Waals surface area contributed by atoms with E-state index < -0.39 is 0 Å². The molecule has 2 aliphatic heterocycles. The van der Waals surface area contributed by atoms with Crippen LogP contribution in [-0.4, -0.2) is 66.5 Å². The predicted molar refractivity (Wildman–Crippen MR) is 198 cm³/mol. The summed E-state index contributed by atoms with van der Waals surface area (Å²) in [5, 5.41) is 11.8. The number of aliphatic imine (C=N–C) groups is 4. The number of amidine groups is 3. The molecule has 2 atom stereocenters. The Labute approximate surface area is 280 Å². The van der Waals surface area contributed by atoms with Gasteiger partial charge in [-0.05, 0) is 75.4 Å². The first-order valence-corrected chi connectivity index (χ1v) is 16.6. The highest BCUT2D eigenvalue weighted by Crippen LogP contribution is 2.24. The van der Waals surface area contributed by atoms with Gasteiger partial charge in [-0.2, -0.15) is 5.26 Å². The molecule has 0 bridgehead atoms. The number of hydrogen-bond donors (Lipinski definition) is 2. The second kappa shape index (κ2) is 17.8. The molecular weight excluding hydrogens is 582 g/mol. The van der Waals surface area contributed by atoms with Crippen LogP contribution >= 0.6 is 0 Å². The summed E-state index contributed by atoms with van der Waals surface area (Å²) in [5.41, 5.74) is 11.6. The summed E-state index contributed by atoms with van der Waals surface area (Å²) in [5.74, 6) is 2.15. The number of anilines is 1. The summed E-state index contributed by atoms with van der Waals surface area (Å²) in [6.07, 6.45) is 12.6. The molecule has 9 nitrogen and oxygen atoms in total. The summed E-state index contributed by atoms with van der Waals surface area (Å²) in [6, 6.07) is 19.2. The highest BCUT2D eigenvalue weighted by Gasteiger charge is 2.24. The SMILES string of the molecule is C=C(C)c1ccc(C2=NC(/N=C\C=C/CC)CC(N(CC)c3ccc(CN4CCC(N=C(N)/C=C\NC(C)C#N)CC4)cc3)=N2)cc1. The van der Waals surface area contributed by atoms with Crippen molar-refractivity contribution in [1.82, 2.24) is 10.2 Å². The highest BCUT2D eigenvalue weighted by molar-refractivity contribution is 6.12. The van der Waals surface area contributed by atoms with Crippen molar-refractivity contribution >= 4 is 35.0 Å². The van der Waals surface area contributed by atoms with Gasteiger partial charge in [-0.15, -0.1) is 0 Å². The number of benzene rings is 2. The molecule has 2 aromatic rings. The lowest BCUT2D eigenvalue weighted by Crippen LogP contribution is -2.36. The quantitative estimate of drug-likeness (QED) is 0.193. The van der Waals surface area contributed by atoms with E-state index in [0.29, 0.717) is 18.1 Å². The lowest BCUT2D eigenvalue weighted by Gasteiger charge is -2.31. The lowest BCUT2D eigenvalue weighted by molar-refractivity contribution is 0.206. The topological polar surface area (TPSA) is 118 Å². The molecule has 0 saturated carbocycles. The molecule has 0 aromatic heterocycles. The summed E-state index contributed by atoms with van der Waals surface area (Å²) >= 11 is 0.